The Morgan fingerprint density at radius 2 is 1.95 bits per heavy atom. The highest BCUT2D eigenvalue weighted by molar-refractivity contribution is 9.10. The lowest BCUT2D eigenvalue weighted by Gasteiger charge is -2.04. The molecule has 1 atom stereocenters. The third kappa shape index (κ3) is 2.44. The minimum atomic E-state index is -0.732. The van der Waals surface area contributed by atoms with Gasteiger partial charge in [0.2, 0.25) is 0 Å². The lowest BCUT2D eigenvalue weighted by Crippen LogP contribution is -1.96. The number of rotatable bonds is 2. The molecule has 1 aliphatic heterocycles. The van der Waals surface area contributed by atoms with Crippen molar-refractivity contribution in [3.05, 3.63) is 63.8 Å². The Balaban J connectivity index is 1.90. The van der Waals surface area contributed by atoms with Crippen LogP contribution in [0.4, 0.5) is 0 Å². The highest BCUT2D eigenvalue weighted by Gasteiger charge is 2.27. The largest absolute Gasteiger partial charge is 0.497 e. The molecule has 0 fully saturated rings. The van der Waals surface area contributed by atoms with E-state index in [2.05, 4.69) is 15.9 Å². The molecule has 0 saturated carbocycles. The normalized spacial score (nSPS) is 18.8. The van der Waals surface area contributed by atoms with Gasteiger partial charge < -0.3 is 14.6 Å². The summed E-state index contributed by atoms with van der Waals surface area (Å²) in [4.78, 5) is 0. The van der Waals surface area contributed by atoms with Crippen LogP contribution in [0.3, 0.4) is 0 Å². The smallest absolute Gasteiger partial charge is 0.140 e. The molecule has 0 amide bonds. The minimum absolute atomic E-state index is 0.531. The van der Waals surface area contributed by atoms with Gasteiger partial charge >= 0.3 is 0 Å². The highest BCUT2D eigenvalue weighted by atomic mass is 79.9. The Morgan fingerprint density at radius 1 is 1.20 bits per heavy atom. The molecule has 3 nitrogen and oxygen atoms in total. The maximum absolute atomic E-state index is 10.3. The molecule has 102 valence electrons. The first-order chi connectivity index (χ1) is 9.67. The van der Waals surface area contributed by atoms with Gasteiger partial charge in [0.05, 0.1) is 7.11 Å². The van der Waals surface area contributed by atoms with Gasteiger partial charge in [-0.1, -0.05) is 28.1 Å². The maximum Gasteiger partial charge on any atom is 0.140 e. The number of benzene rings is 2. The van der Waals surface area contributed by atoms with E-state index >= 15 is 0 Å². The molecule has 0 aromatic heterocycles. The topological polar surface area (TPSA) is 38.7 Å². The zero-order valence-electron chi connectivity index (χ0n) is 10.8. The van der Waals surface area contributed by atoms with Crippen LogP contribution in [0.1, 0.15) is 17.2 Å². The number of methoxy groups -OCH3 is 1. The second kappa shape index (κ2) is 5.31. The molecule has 4 heteroatoms. The summed E-state index contributed by atoms with van der Waals surface area (Å²) in [7, 11) is 1.63. The van der Waals surface area contributed by atoms with E-state index in [1.54, 1.807) is 7.11 Å². The van der Waals surface area contributed by atoms with Gasteiger partial charge in [-0.05, 0) is 42.0 Å². The number of fused-ring (bicyclic) bond motifs is 1. The van der Waals surface area contributed by atoms with E-state index in [0.717, 1.165) is 21.3 Å². The van der Waals surface area contributed by atoms with E-state index < -0.39 is 6.10 Å². The zero-order valence-corrected chi connectivity index (χ0v) is 12.4. The quantitative estimate of drug-likeness (QED) is 0.905. The first kappa shape index (κ1) is 13.2. The lowest BCUT2D eigenvalue weighted by molar-refractivity contribution is 0.193. The van der Waals surface area contributed by atoms with E-state index in [9.17, 15) is 5.11 Å². The number of ether oxygens (including phenoxy) is 2. The summed E-state index contributed by atoms with van der Waals surface area (Å²) in [6, 6.07) is 13.2. The van der Waals surface area contributed by atoms with Crippen LogP contribution in [-0.4, -0.2) is 12.2 Å². The second-order valence-electron chi connectivity index (χ2n) is 4.51. The predicted molar refractivity (Wildman–Crippen MR) is 80.7 cm³/mol. The highest BCUT2D eigenvalue weighted by Crippen LogP contribution is 2.41. The average molecular weight is 333 g/mol. The van der Waals surface area contributed by atoms with E-state index in [1.807, 2.05) is 48.5 Å². The van der Waals surface area contributed by atoms with Gasteiger partial charge in [0.15, 0.2) is 0 Å². The lowest BCUT2D eigenvalue weighted by atomic mass is 10.1. The molecule has 20 heavy (non-hydrogen) atoms. The van der Waals surface area contributed by atoms with Crippen LogP contribution in [0.15, 0.2) is 52.7 Å². The van der Waals surface area contributed by atoms with Gasteiger partial charge in [-0.2, -0.15) is 0 Å². The summed E-state index contributed by atoms with van der Waals surface area (Å²) in [6.45, 7) is 0. The molecule has 2 aromatic carbocycles. The molecule has 0 radical (unpaired) electrons. The van der Waals surface area contributed by atoms with Crippen LogP contribution in [0, 0.1) is 0 Å². The van der Waals surface area contributed by atoms with Crippen molar-refractivity contribution in [2.24, 2.45) is 0 Å². The third-order valence-corrected chi connectivity index (χ3v) is 3.68. The Hall–Kier alpha value is -1.78. The number of halogens is 1. The van der Waals surface area contributed by atoms with Gasteiger partial charge in [-0.25, -0.2) is 0 Å². The molecule has 1 heterocycles. The molecule has 2 aromatic rings. The van der Waals surface area contributed by atoms with E-state index in [0.29, 0.717) is 11.5 Å². The summed E-state index contributed by atoms with van der Waals surface area (Å²) in [5.74, 6) is 2.02. The van der Waals surface area contributed by atoms with Crippen molar-refractivity contribution in [3.8, 4) is 11.5 Å². The number of aliphatic hydroxyl groups is 1. The minimum Gasteiger partial charge on any atom is -0.497 e. The summed E-state index contributed by atoms with van der Waals surface area (Å²) in [6.07, 6.45) is 1.10. The number of hydrogen-bond acceptors (Lipinski definition) is 3. The van der Waals surface area contributed by atoms with Crippen LogP contribution in [-0.2, 0) is 0 Å². The van der Waals surface area contributed by atoms with Crippen LogP contribution < -0.4 is 9.47 Å². The van der Waals surface area contributed by atoms with Gasteiger partial charge in [-0.3, -0.25) is 0 Å². The molecule has 1 N–H and O–H groups in total. The van der Waals surface area contributed by atoms with E-state index in [4.69, 9.17) is 9.47 Å². The zero-order chi connectivity index (χ0) is 14.1. The standard InChI is InChI=1S/C16H13BrO3/c1-19-12-5-2-10(3-6-12)8-15-16(18)13-9-11(17)4-7-14(13)20-15/h2-9,16,18H,1H3/b15-8-. The molecule has 0 bridgehead atoms. The van der Waals surface area contributed by atoms with Gasteiger partial charge in [0.1, 0.15) is 23.4 Å². The van der Waals surface area contributed by atoms with Crippen LogP contribution in [0.25, 0.3) is 6.08 Å². The fraction of sp³-hybridized carbons (Fsp3) is 0.125. The van der Waals surface area contributed by atoms with Crippen molar-refractivity contribution in [2.45, 2.75) is 6.10 Å². The summed E-state index contributed by atoms with van der Waals surface area (Å²) < 4.78 is 11.7. The molecule has 0 spiro atoms. The van der Waals surface area contributed by atoms with Crippen LogP contribution in [0.2, 0.25) is 0 Å². The van der Waals surface area contributed by atoms with E-state index in [-0.39, 0.29) is 0 Å². The SMILES string of the molecule is COc1ccc(/C=C2\Oc3ccc(Br)cc3C2O)cc1. The molecule has 1 unspecified atom stereocenters. The van der Waals surface area contributed by atoms with E-state index in [1.165, 1.54) is 0 Å². The summed E-state index contributed by atoms with van der Waals surface area (Å²) in [5, 5.41) is 10.3. The van der Waals surface area contributed by atoms with Crippen LogP contribution >= 0.6 is 15.9 Å². The fourth-order valence-corrected chi connectivity index (χ4v) is 2.51. The molecule has 3 rings (SSSR count). The van der Waals surface area contributed by atoms with Gasteiger partial charge in [-0.15, -0.1) is 0 Å². The van der Waals surface area contributed by atoms with Crippen molar-refractivity contribution in [3.63, 3.8) is 0 Å². The molecular weight excluding hydrogens is 320 g/mol. The Morgan fingerprint density at radius 3 is 2.65 bits per heavy atom. The van der Waals surface area contributed by atoms with Crippen molar-refractivity contribution >= 4 is 22.0 Å². The number of aliphatic hydroxyl groups excluding tert-OH is 1. The van der Waals surface area contributed by atoms with Gasteiger partial charge in [0, 0.05) is 10.0 Å². The van der Waals surface area contributed by atoms with Crippen molar-refractivity contribution in [2.75, 3.05) is 7.11 Å². The van der Waals surface area contributed by atoms with Crippen LogP contribution in [0.5, 0.6) is 11.5 Å². The summed E-state index contributed by atoms with van der Waals surface area (Å²) >= 11 is 3.39. The molecule has 0 aliphatic carbocycles. The number of hydrogen-bond donors (Lipinski definition) is 1. The first-order valence-electron chi connectivity index (χ1n) is 6.18. The van der Waals surface area contributed by atoms with Crippen molar-refractivity contribution in [1.82, 2.24) is 0 Å². The van der Waals surface area contributed by atoms with Gasteiger partial charge in [0.25, 0.3) is 0 Å². The van der Waals surface area contributed by atoms with Crippen molar-refractivity contribution < 1.29 is 14.6 Å². The average Bonchev–Trinajstić information content (AvgIpc) is 2.76. The Labute approximate surface area is 125 Å². The maximum atomic E-state index is 10.3. The Bertz CT molecular complexity index is 662. The fourth-order valence-electron chi connectivity index (χ4n) is 2.13. The monoisotopic (exact) mass is 332 g/mol. The summed E-state index contributed by atoms with van der Waals surface area (Å²) in [5.41, 5.74) is 1.73. The molecular formula is C16H13BrO3. The Kier molecular flexibility index (Phi) is 3.51. The third-order valence-electron chi connectivity index (χ3n) is 3.19. The van der Waals surface area contributed by atoms with Crippen molar-refractivity contribution in [1.29, 1.82) is 0 Å². The first-order valence-corrected chi connectivity index (χ1v) is 6.97. The molecule has 1 aliphatic rings. The predicted octanol–water partition coefficient (Wildman–Crippen LogP) is 3.92. The molecule has 0 saturated heterocycles. The second-order valence-corrected chi connectivity index (χ2v) is 5.42.